The maximum atomic E-state index is 11.5. The Hall–Kier alpha value is -6.91. The third kappa shape index (κ3) is 5.11. The van der Waals surface area contributed by atoms with Gasteiger partial charge in [0.25, 0.3) is 0 Å². The standard InChI is InChI=1S/C44H28N4O8.ClH.Tl/c49-29-5-1-6-30(50)41(29)37-21-13-15-23(45-21)38(42-31(51)7-2-8-32(42)52)25-17-19-27(47-25)40(44-35(55)11-4-12-36(44)56)28-20-18-26(48-28)39(24-16-14-22(37)46-24)43-33(53)9-3-10-34(43)54;;/h1-20H,(H8-2,45,46,47,48,49,50,51,52,53,54,55,56);1H;/q-2;;+3/p-1. The van der Waals surface area contributed by atoms with Crippen molar-refractivity contribution in [3.05, 3.63) is 177 Å². The number of aromatic nitrogens is 2. The third-order valence-corrected chi connectivity index (χ3v) is 21.7. The Balaban J connectivity index is 1.50. The van der Waals surface area contributed by atoms with Crippen LogP contribution in [0.1, 0.15) is 33.6 Å². The second kappa shape index (κ2) is 13.1. The molecule has 6 heterocycles. The number of halogens is 1. The monoisotopic (exact) mass is 980 g/mol. The van der Waals surface area contributed by atoms with E-state index in [2.05, 4.69) is 0 Å². The van der Waals surface area contributed by atoms with Crippen LogP contribution in [-0.2, 0) is 0 Å². The summed E-state index contributed by atoms with van der Waals surface area (Å²) >= 11 is -4.72. The molecule has 12 nitrogen and oxygen atoms in total. The molecule has 0 aliphatic carbocycles. The normalized spacial score (nSPS) is 15.4. The number of allylic oxidation sites excluding steroid dienone is 4. The molecule has 58 heavy (non-hydrogen) atoms. The van der Waals surface area contributed by atoms with Crippen molar-refractivity contribution in [2.45, 2.75) is 0 Å². The minimum absolute atomic E-state index is 0.0509. The van der Waals surface area contributed by atoms with Crippen LogP contribution in [0.3, 0.4) is 0 Å². The van der Waals surface area contributed by atoms with Crippen LogP contribution in [0, 0.1) is 0 Å². The molecule has 0 amide bonds. The van der Waals surface area contributed by atoms with E-state index in [1.54, 1.807) is 48.6 Å². The zero-order valence-electron chi connectivity index (χ0n) is 29.9. The van der Waals surface area contributed by atoms with E-state index in [9.17, 15) is 40.9 Å². The van der Waals surface area contributed by atoms with E-state index in [1.807, 2.05) is 4.75 Å². The summed E-state index contributed by atoms with van der Waals surface area (Å²) in [5.41, 5.74) is 3.42. The first-order valence-electron chi connectivity index (χ1n) is 17.9. The van der Waals surface area contributed by atoms with E-state index >= 15 is 0 Å². The predicted molar refractivity (Wildman–Crippen MR) is 220 cm³/mol. The molecule has 0 radical (unpaired) electrons. The van der Waals surface area contributed by atoms with Crippen molar-refractivity contribution in [2.24, 2.45) is 9.98 Å². The van der Waals surface area contributed by atoms with Crippen molar-refractivity contribution in [2.75, 3.05) is 0 Å². The Morgan fingerprint density at radius 1 is 0.379 bits per heavy atom. The van der Waals surface area contributed by atoms with Gasteiger partial charge in [-0.1, -0.05) is 0 Å². The molecule has 6 bridgehead atoms. The van der Waals surface area contributed by atoms with Crippen LogP contribution in [0.5, 0.6) is 46.0 Å². The molecule has 2 aromatic heterocycles. The van der Waals surface area contributed by atoms with E-state index < -0.39 is 22.1 Å². The van der Waals surface area contributed by atoms with Crippen LogP contribution >= 0.6 is 8.32 Å². The molecule has 0 fully saturated rings. The van der Waals surface area contributed by atoms with Gasteiger partial charge in [-0.15, -0.1) is 0 Å². The summed E-state index contributed by atoms with van der Waals surface area (Å²) in [4.78, 5) is 10.1. The van der Waals surface area contributed by atoms with E-state index in [4.69, 9.17) is 18.3 Å². The average molecular weight is 981 g/mol. The van der Waals surface area contributed by atoms with E-state index in [-0.39, 0.29) is 90.5 Å². The van der Waals surface area contributed by atoms with E-state index in [0.29, 0.717) is 44.9 Å². The van der Waals surface area contributed by atoms with Crippen LogP contribution in [-0.4, -0.2) is 79.1 Å². The Morgan fingerprint density at radius 3 is 1.02 bits per heavy atom. The number of nitrogens with zero attached hydrogens (tertiary/aromatic N) is 4. The molecular weight excluding hydrogens is 952 g/mol. The number of phenols is 8. The number of fused-ring (bicyclic) bond motifs is 2. The summed E-state index contributed by atoms with van der Waals surface area (Å²) in [6.45, 7) is 0. The molecule has 0 atom stereocenters. The van der Waals surface area contributed by atoms with Gasteiger partial charge in [-0.2, -0.15) is 0 Å². The number of aliphatic imine (C=N–C) groups is 2. The first-order chi connectivity index (χ1) is 28.0. The summed E-state index contributed by atoms with van der Waals surface area (Å²) in [6, 6.07) is 24.6. The number of aromatic hydroxyl groups is 8. The van der Waals surface area contributed by atoms with Gasteiger partial charge in [0.2, 0.25) is 0 Å². The molecule has 0 unspecified atom stereocenters. The fraction of sp³-hybridized carbons (Fsp3) is 0. The molecule has 6 aromatic rings. The van der Waals surface area contributed by atoms with Crippen LogP contribution in [0.4, 0.5) is 0 Å². The zero-order valence-corrected chi connectivity index (χ0v) is 35.1. The van der Waals surface area contributed by atoms with Gasteiger partial charge in [0, 0.05) is 0 Å². The first kappa shape index (κ1) is 35.5. The van der Waals surface area contributed by atoms with Gasteiger partial charge in [0.15, 0.2) is 0 Å². The Kier molecular flexibility index (Phi) is 8.00. The molecule has 0 saturated heterocycles. The van der Waals surface area contributed by atoms with Crippen molar-refractivity contribution in [1.29, 1.82) is 0 Å². The number of hydrogen-bond acceptors (Lipinski definition) is 10. The molecule has 14 heteroatoms. The van der Waals surface area contributed by atoms with Crippen molar-refractivity contribution in [3.63, 3.8) is 0 Å². The summed E-state index contributed by atoms with van der Waals surface area (Å²) in [5, 5.41) is 92.5. The molecule has 0 spiro atoms. The van der Waals surface area contributed by atoms with Crippen LogP contribution < -0.4 is 10.7 Å². The van der Waals surface area contributed by atoms with Gasteiger partial charge >= 0.3 is 343 Å². The Morgan fingerprint density at radius 2 is 0.690 bits per heavy atom. The SMILES string of the molecule is Oc1cccc(O)c1C1=C2C=CC(=N2)C(c2c(O)cccc2O)=c2ccc3[n]2[Tl]([Cl])[n]2c1ccc2C(c1c(O)cccc1O)=C1C=CC(=N1)C=3c1c(O)cccc1O. The van der Waals surface area contributed by atoms with Crippen molar-refractivity contribution >= 4 is 64.1 Å². The molecule has 282 valence electrons. The summed E-state index contributed by atoms with van der Waals surface area (Å²) in [6.07, 6.45) is 6.79. The number of rotatable bonds is 4. The number of phenolic OH excluding ortho intramolecular Hbond substituents is 8. The molecule has 10 rings (SSSR count). The third-order valence-electron chi connectivity index (χ3n) is 10.7. The molecule has 8 N–H and O–H groups in total. The predicted octanol–water partition coefficient (Wildman–Crippen LogP) is 5.52. The first-order valence-corrected chi connectivity index (χ1v) is 27.5. The molecule has 4 aromatic carbocycles. The Labute approximate surface area is 340 Å². The van der Waals surface area contributed by atoms with E-state index in [1.165, 1.54) is 72.8 Å². The van der Waals surface area contributed by atoms with Gasteiger partial charge in [-0.25, -0.2) is 0 Å². The topological polar surface area (TPSA) is 196 Å². The van der Waals surface area contributed by atoms with Gasteiger partial charge in [0.1, 0.15) is 0 Å². The van der Waals surface area contributed by atoms with Crippen molar-refractivity contribution in [1.82, 2.24) is 4.75 Å². The summed E-state index contributed by atoms with van der Waals surface area (Å²) in [7, 11) is 8.13. The summed E-state index contributed by atoms with van der Waals surface area (Å²) < 4.78 is 3.78. The quantitative estimate of drug-likeness (QED) is 0.106. The number of hydrogen-bond donors (Lipinski definition) is 8. The second-order valence-corrected chi connectivity index (χ2v) is 23.7. The maximum absolute atomic E-state index is 11.5. The number of benzene rings is 4. The van der Waals surface area contributed by atoms with Gasteiger partial charge in [0.05, 0.1) is 0 Å². The molecule has 4 aliphatic heterocycles. The van der Waals surface area contributed by atoms with Crippen LogP contribution in [0.2, 0.25) is 0 Å². The molecular formula is C44H28ClN4O8Tl. The van der Waals surface area contributed by atoms with Crippen molar-refractivity contribution in [3.8, 4) is 46.0 Å². The molecule has 0 saturated carbocycles. The summed E-state index contributed by atoms with van der Waals surface area (Å²) in [5.74, 6) is -2.04. The van der Waals surface area contributed by atoms with Crippen LogP contribution in [0.25, 0.3) is 22.3 Å². The minimum atomic E-state index is -4.72. The second-order valence-electron chi connectivity index (χ2n) is 13.9. The zero-order chi connectivity index (χ0) is 40.1. The average Bonchev–Trinajstić information content (AvgIpc) is 4.01. The van der Waals surface area contributed by atoms with Gasteiger partial charge in [-0.3, -0.25) is 0 Å². The van der Waals surface area contributed by atoms with Gasteiger partial charge in [-0.05, 0) is 0 Å². The fourth-order valence-corrected chi connectivity index (χ4v) is 19.8. The Bertz CT molecular complexity index is 2900. The molecule has 4 aliphatic rings. The van der Waals surface area contributed by atoms with E-state index in [0.717, 1.165) is 0 Å². The van der Waals surface area contributed by atoms with Crippen molar-refractivity contribution < 1.29 is 40.9 Å². The van der Waals surface area contributed by atoms with Crippen LogP contribution in [0.15, 0.2) is 143 Å². The van der Waals surface area contributed by atoms with Gasteiger partial charge < -0.3 is 0 Å². The fourth-order valence-electron chi connectivity index (χ4n) is 8.25.